The minimum absolute atomic E-state index is 0.160. The van der Waals surface area contributed by atoms with Crippen molar-refractivity contribution in [1.82, 2.24) is 9.88 Å². The number of thiazole rings is 1. The van der Waals surface area contributed by atoms with Gasteiger partial charge in [-0.1, -0.05) is 60.7 Å². The Morgan fingerprint density at radius 3 is 2.37 bits per heavy atom. The van der Waals surface area contributed by atoms with Crippen LogP contribution >= 0.6 is 22.7 Å². The van der Waals surface area contributed by atoms with Gasteiger partial charge in [-0.25, -0.2) is 4.98 Å². The summed E-state index contributed by atoms with van der Waals surface area (Å²) in [4.78, 5) is 33.0. The average Bonchev–Trinajstić information content (AvgIpc) is 3.56. The summed E-state index contributed by atoms with van der Waals surface area (Å²) < 4.78 is 1.11. The normalized spacial score (nSPS) is 11.0. The van der Waals surface area contributed by atoms with Crippen LogP contribution in [-0.4, -0.2) is 40.5 Å². The van der Waals surface area contributed by atoms with Gasteiger partial charge in [0.25, 0.3) is 0 Å². The van der Waals surface area contributed by atoms with Crippen molar-refractivity contribution in [2.45, 2.75) is 19.5 Å². The molecule has 1 N–H and O–H groups in total. The number of benzene rings is 3. The Balaban J connectivity index is 1.26. The number of anilines is 1. The molecule has 0 unspecified atom stereocenters. The van der Waals surface area contributed by atoms with Gasteiger partial charge in [-0.15, -0.1) is 22.7 Å². The monoisotopic (exact) mass is 541 g/mol. The number of fused-ring (bicyclic) bond motifs is 1. The highest BCUT2D eigenvalue weighted by Crippen LogP contribution is 2.28. The van der Waals surface area contributed by atoms with Crippen molar-refractivity contribution in [3.63, 3.8) is 0 Å². The number of rotatable bonds is 10. The number of hydrogen-bond donors (Lipinski definition) is 1. The molecule has 0 bridgehead atoms. The van der Waals surface area contributed by atoms with Gasteiger partial charge in [0.15, 0.2) is 0 Å². The van der Waals surface area contributed by atoms with E-state index in [-0.39, 0.29) is 25.4 Å². The molecule has 1 amide bonds. The number of nitrogens with zero attached hydrogens (tertiary/aromatic N) is 3. The highest BCUT2D eigenvalue weighted by molar-refractivity contribution is 7.17. The number of amides is 1. The number of thiophene rings is 1. The van der Waals surface area contributed by atoms with Crippen LogP contribution in [0, 0.1) is 0 Å². The Hall–Kier alpha value is -4.01. The van der Waals surface area contributed by atoms with Crippen molar-refractivity contribution in [2.75, 3.05) is 18.5 Å². The fourth-order valence-electron chi connectivity index (χ4n) is 4.35. The average molecular weight is 542 g/mol. The van der Waals surface area contributed by atoms with E-state index < -0.39 is 5.97 Å². The van der Waals surface area contributed by atoms with Crippen LogP contribution in [-0.2, 0) is 29.1 Å². The zero-order chi connectivity index (χ0) is 26.5. The van der Waals surface area contributed by atoms with Crippen LogP contribution in [0.4, 0.5) is 5.69 Å². The molecular weight excluding hydrogens is 514 g/mol. The van der Waals surface area contributed by atoms with Gasteiger partial charge in [0, 0.05) is 34.9 Å². The first-order chi connectivity index (χ1) is 18.5. The number of carboxylic acids is 1. The molecule has 192 valence electrons. The van der Waals surface area contributed by atoms with E-state index in [1.165, 1.54) is 21.8 Å². The molecule has 0 saturated heterocycles. The first kappa shape index (κ1) is 25.6. The zero-order valence-corrected chi connectivity index (χ0v) is 22.5. The van der Waals surface area contributed by atoms with Crippen LogP contribution in [0.1, 0.15) is 16.1 Å². The molecule has 3 aromatic carbocycles. The van der Waals surface area contributed by atoms with E-state index in [9.17, 15) is 14.7 Å². The lowest BCUT2D eigenvalue weighted by molar-refractivity contribution is -0.144. The van der Waals surface area contributed by atoms with E-state index in [0.717, 1.165) is 39.1 Å². The van der Waals surface area contributed by atoms with Gasteiger partial charge >= 0.3 is 5.97 Å². The quantitative estimate of drug-likeness (QED) is 0.224. The van der Waals surface area contributed by atoms with Gasteiger partial charge in [-0.3, -0.25) is 9.59 Å². The lowest BCUT2D eigenvalue weighted by atomic mass is 10.1. The SMILES string of the molecule is CN(Cc1ccccc1)c1ccc(-c2csc(CN(CC(=O)O)C(=O)Cc3csc4ccccc34)n2)cc1. The molecule has 0 aliphatic carbocycles. The van der Waals surface area contributed by atoms with Gasteiger partial charge in [0.2, 0.25) is 5.91 Å². The summed E-state index contributed by atoms with van der Waals surface area (Å²) in [5, 5.41) is 15.1. The lowest BCUT2D eigenvalue weighted by Crippen LogP contribution is -2.36. The van der Waals surface area contributed by atoms with Gasteiger partial charge in [-0.2, -0.15) is 0 Å². The molecule has 0 spiro atoms. The summed E-state index contributed by atoms with van der Waals surface area (Å²) in [5.41, 5.74) is 5.06. The van der Waals surface area contributed by atoms with Crippen LogP contribution < -0.4 is 4.90 Å². The molecule has 0 aliphatic heterocycles. The Morgan fingerprint density at radius 1 is 0.868 bits per heavy atom. The third kappa shape index (κ3) is 6.10. The molecule has 5 rings (SSSR count). The van der Waals surface area contributed by atoms with Gasteiger partial charge in [0.05, 0.1) is 18.7 Å². The number of carbonyl (C=O) groups is 2. The van der Waals surface area contributed by atoms with Crippen molar-refractivity contribution < 1.29 is 14.7 Å². The van der Waals surface area contributed by atoms with E-state index in [1.807, 2.05) is 65.4 Å². The molecule has 2 heterocycles. The number of aliphatic carboxylic acids is 1. The predicted molar refractivity (Wildman–Crippen MR) is 155 cm³/mol. The molecule has 0 aliphatic rings. The second-order valence-electron chi connectivity index (χ2n) is 9.09. The minimum Gasteiger partial charge on any atom is -0.480 e. The highest BCUT2D eigenvalue weighted by atomic mass is 32.1. The Bertz CT molecular complexity index is 1540. The van der Waals surface area contributed by atoms with Crippen LogP contribution in [0.25, 0.3) is 21.3 Å². The maximum absolute atomic E-state index is 13.1. The first-order valence-electron chi connectivity index (χ1n) is 12.2. The summed E-state index contributed by atoms with van der Waals surface area (Å²) >= 11 is 3.02. The summed E-state index contributed by atoms with van der Waals surface area (Å²) in [6.45, 7) is 0.615. The fraction of sp³-hybridized carbons (Fsp3) is 0.167. The van der Waals surface area contributed by atoms with Gasteiger partial charge in [0.1, 0.15) is 11.6 Å². The van der Waals surface area contributed by atoms with Crippen molar-refractivity contribution in [1.29, 1.82) is 0 Å². The second-order valence-corrected chi connectivity index (χ2v) is 10.9. The molecule has 8 heteroatoms. The molecule has 0 fully saturated rings. The number of carboxylic acid groups (broad SMARTS) is 1. The van der Waals surface area contributed by atoms with E-state index in [2.05, 4.69) is 36.2 Å². The Labute approximate surface area is 229 Å². The maximum Gasteiger partial charge on any atom is 0.323 e. The molecular formula is C30H27N3O3S2. The van der Waals surface area contributed by atoms with Crippen molar-refractivity contribution in [2.24, 2.45) is 0 Å². The standard InChI is InChI=1S/C30H27N3O3S2/c1-32(16-21-7-3-2-4-8-21)24-13-11-22(12-14-24)26-20-38-28(31-26)17-33(18-30(35)36)29(34)15-23-19-37-27-10-6-5-9-25(23)27/h2-14,19-20H,15-18H2,1H3,(H,35,36). The van der Waals surface area contributed by atoms with E-state index in [1.54, 1.807) is 11.3 Å². The predicted octanol–water partition coefficient (Wildman–Crippen LogP) is 6.32. The topological polar surface area (TPSA) is 73.7 Å². The summed E-state index contributed by atoms with van der Waals surface area (Å²) in [7, 11) is 2.07. The molecule has 0 saturated carbocycles. The molecule has 6 nitrogen and oxygen atoms in total. The largest absolute Gasteiger partial charge is 0.480 e. The molecule has 38 heavy (non-hydrogen) atoms. The fourth-order valence-corrected chi connectivity index (χ4v) is 6.14. The van der Waals surface area contributed by atoms with Crippen molar-refractivity contribution in [3.8, 4) is 11.3 Å². The third-order valence-electron chi connectivity index (χ3n) is 6.33. The summed E-state index contributed by atoms with van der Waals surface area (Å²) in [6.07, 6.45) is 0.160. The highest BCUT2D eigenvalue weighted by Gasteiger charge is 2.20. The minimum atomic E-state index is -1.04. The summed E-state index contributed by atoms with van der Waals surface area (Å²) in [5.74, 6) is -1.26. The number of hydrogen-bond acceptors (Lipinski definition) is 6. The maximum atomic E-state index is 13.1. The Kier molecular flexibility index (Phi) is 7.81. The van der Waals surface area contributed by atoms with Gasteiger partial charge < -0.3 is 14.9 Å². The first-order valence-corrected chi connectivity index (χ1v) is 14.0. The zero-order valence-electron chi connectivity index (χ0n) is 20.9. The van der Waals surface area contributed by atoms with Crippen LogP contribution in [0.2, 0.25) is 0 Å². The number of carbonyl (C=O) groups excluding carboxylic acids is 1. The lowest BCUT2D eigenvalue weighted by Gasteiger charge is -2.20. The smallest absolute Gasteiger partial charge is 0.323 e. The molecule has 5 aromatic rings. The van der Waals surface area contributed by atoms with Crippen molar-refractivity contribution >= 4 is 50.3 Å². The van der Waals surface area contributed by atoms with Crippen LogP contribution in [0.5, 0.6) is 0 Å². The van der Waals surface area contributed by atoms with E-state index in [0.29, 0.717) is 5.01 Å². The molecule has 0 atom stereocenters. The van der Waals surface area contributed by atoms with Crippen molar-refractivity contribution in [3.05, 3.63) is 106 Å². The second kappa shape index (κ2) is 11.6. The number of aromatic nitrogens is 1. The summed E-state index contributed by atoms with van der Waals surface area (Å²) in [6, 6.07) is 26.5. The van der Waals surface area contributed by atoms with Gasteiger partial charge in [-0.05, 0) is 40.1 Å². The molecule has 2 aromatic heterocycles. The Morgan fingerprint density at radius 2 is 1.61 bits per heavy atom. The van der Waals surface area contributed by atoms with Crippen LogP contribution in [0.3, 0.4) is 0 Å². The van der Waals surface area contributed by atoms with E-state index in [4.69, 9.17) is 4.98 Å². The molecule has 0 radical (unpaired) electrons. The third-order valence-corrected chi connectivity index (χ3v) is 8.17. The van der Waals surface area contributed by atoms with E-state index >= 15 is 0 Å². The van der Waals surface area contributed by atoms with Crippen LogP contribution in [0.15, 0.2) is 89.6 Å².